The highest BCUT2D eigenvalue weighted by Crippen LogP contribution is 2.39. The first-order chi connectivity index (χ1) is 18.8. The molecule has 0 saturated carbocycles. The van der Waals surface area contributed by atoms with Gasteiger partial charge in [-0.25, -0.2) is 0 Å². The molecule has 2 aliphatic rings. The predicted octanol–water partition coefficient (Wildman–Crippen LogP) is 2.93. The summed E-state index contributed by atoms with van der Waals surface area (Å²) in [5.41, 5.74) is 0.931. The molecule has 3 atom stereocenters. The first-order valence-electron chi connectivity index (χ1n) is 13.1. The molecule has 0 radical (unpaired) electrons. The van der Waals surface area contributed by atoms with Gasteiger partial charge in [0.25, 0.3) is 5.56 Å². The predicted molar refractivity (Wildman–Crippen MR) is 141 cm³/mol. The normalized spacial score (nSPS) is 19.2. The number of esters is 1. The van der Waals surface area contributed by atoms with Crippen molar-refractivity contribution in [3.05, 3.63) is 85.8 Å². The summed E-state index contributed by atoms with van der Waals surface area (Å²) in [6.07, 6.45) is 0.793. The van der Waals surface area contributed by atoms with Crippen LogP contribution in [0.1, 0.15) is 54.4 Å². The molecule has 1 fully saturated rings. The van der Waals surface area contributed by atoms with Crippen LogP contribution in [0.15, 0.2) is 56.5 Å². The minimum Gasteiger partial charge on any atom is -0.504 e. The third-order valence-corrected chi connectivity index (χ3v) is 7.54. The van der Waals surface area contributed by atoms with Crippen LogP contribution in [0.2, 0.25) is 0 Å². The monoisotopic (exact) mass is 536 g/mol. The SMILES string of the molecule is CCOc1cc([C@@H](CC(=O)OC)c2oc(CN3C[C@H]4C[C@@H](C3)c3cccc(=O)n3C4)cc(=O)c2O)ccc1O. The van der Waals surface area contributed by atoms with Crippen LogP contribution in [-0.4, -0.2) is 52.5 Å². The first kappa shape index (κ1) is 26.6. The van der Waals surface area contributed by atoms with Crippen molar-refractivity contribution in [1.29, 1.82) is 0 Å². The summed E-state index contributed by atoms with van der Waals surface area (Å²) in [5.74, 6) is -1.07. The fourth-order valence-electron chi connectivity index (χ4n) is 5.84. The van der Waals surface area contributed by atoms with Gasteiger partial charge in [-0.3, -0.25) is 19.3 Å². The Hall–Kier alpha value is -4.05. The second-order valence-electron chi connectivity index (χ2n) is 10.2. The van der Waals surface area contributed by atoms with Gasteiger partial charge in [0.1, 0.15) is 5.76 Å². The zero-order valence-corrected chi connectivity index (χ0v) is 22.0. The van der Waals surface area contributed by atoms with E-state index < -0.39 is 23.1 Å². The topological polar surface area (TPSA) is 131 Å². The van der Waals surface area contributed by atoms with E-state index in [1.165, 1.54) is 19.2 Å². The summed E-state index contributed by atoms with van der Waals surface area (Å²) < 4.78 is 18.4. The zero-order valence-electron chi connectivity index (χ0n) is 22.0. The first-order valence-corrected chi connectivity index (χ1v) is 13.1. The molecular weight excluding hydrogens is 504 g/mol. The van der Waals surface area contributed by atoms with Crippen LogP contribution in [0.25, 0.3) is 0 Å². The lowest BCUT2D eigenvalue weighted by Gasteiger charge is -2.42. The Balaban J connectivity index is 1.47. The molecule has 1 aromatic carbocycles. The Morgan fingerprint density at radius 2 is 1.95 bits per heavy atom. The highest BCUT2D eigenvalue weighted by atomic mass is 16.5. The maximum atomic E-state index is 12.9. The minimum absolute atomic E-state index is 0.0168. The van der Waals surface area contributed by atoms with Gasteiger partial charge in [0.15, 0.2) is 17.3 Å². The molecule has 0 amide bonds. The van der Waals surface area contributed by atoms with E-state index in [4.69, 9.17) is 13.9 Å². The number of hydrogen-bond acceptors (Lipinski definition) is 9. The molecule has 2 N–H and O–H groups in total. The maximum Gasteiger partial charge on any atom is 0.306 e. The minimum atomic E-state index is -0.857. The lowest BCUT2D eigenvalue weighted by atomic mass is 9.83. The molecule has 0 aliphatic carbocycles. The molecule has 2 aliphatic heterocycles. The number of aromatic hydroxyl groups is 2. The molecule has 2 bridgehead atoms. The molecule has 1 saturated heterocycles. The van der Waals surface area contributed by atoms with Gasteiger partial charge in [-0.1, -0.05) is 12.1 Å². The van der Waals surface area contributed by atoms with E-state index in [0.717, 1.165) is 18.7 Å². The quantitative estimate of drug-likeness (QED) is 0.417. The van der Waals surface area contributed by atoms with Crippen LogP contribution in [-0.2, 0) is 22.6 Å². The summed E-state index contributed by atoms with van der Waals surface area (Å²) in [5, 5.41) is 20.9. The number of ether oxygens (including phenoxy) is 2. The number of pyridine rings is 1. The second-order valence-corrected chi connectivity index (χ2v) is 10.2. The molecule has 5 rings (SSSR count). The van der Waals surface area contributed by atoms with Crippen LogP contribution in [0, 0.1) is 5.92 Å². The highest BCUT2D eigenvalue weighted by Gasteiger charge is 2.35. The van der Waals surface area contributed by atoms with Gasteiger partial charge in [-0.15, -0.1) is 0 Å². The summed E-state index contributed by atoms with van der Waals surface area (Å²) in [6, 6.07) is 11.2. The van der Waals surface area contributed by atoms with Gasteiger partial charge in [0.05, 0.1) is 32.6 Å². The smallest absolute Gasteiger partial charge is 0.306 e. The third kappa shape index (κ3) is 5.42. The Kier molecular flexibility index (Phi) is 7.47. The van der Waals surface area contributed by atoms with E-state index in [9.17, 15) is 24.6 Å². The number of likely N-dealkylation sites (tertiary alicyclic amines) is 1. The molecule has 4 heterocycles. The van der Waals surface area contributed by atoms with Crippen LogP contribution in [0.5, 0.6) is 17.2 Å². The molecular formula is C29H32N2O8. The summed E-state index contributed by atoms with van der Waals surface area (Å²) in [7, 11) is 1.26. The zero-order chi connectivity index (χ0) is 27.7. The molecule has 0 spiro atoms. The van der Waals surface area contributed by atoms with E-state index in [0.29, 0.717) is 43.5 Å². The summed E-state index contributed by atoms with van der Waals surface area (Å²) >= 11 is 0. The van der Waals surface area contributed by atoms with Crippen molar-refractivity contribution < 1.29 is 28.9 Å². The number of benzene rings is 1. The number of rotatable bonds is 8. The Morgan fingerprint density at radius 1 is 1.13 bits per heavy atom. The fourth-order valence-corrected chi connectivity index (χ4v) is 5.84. The van der Waals surface area contributed by atoms with Gasteiger partial charge in [0, 0.05) is 43.4 Å². The average Bonchev–Trinajstić information content (AvgIpc) is 2.91. The maximum absolute atomic E-state index is 12.9. The van der Waals surface area contributed by atoms with Gasteiger partial charge < -0.3 is 28.7 Å². The van der Waals surface area contributed by atoms with Gasteiger partial charge in [-0.05, 0) is 43.0 Å². The van der Waals surface area contributed by atoms with Crippen LogP contribution < -0.4 is 15.7 Å². The van der Waals surface area contributed by atoms with Crippen LogP contribution in [0.4, 0.5) is 0 Å². The Morgan fingerprint density at radius 3 is 2.72 bits per heavy atom. The number of phenols is 1. The van der Waals surface area contributed by atoms with Crippen molar-refractivity contribution >= 4 is 5.97 Å². The Labute approximate surface area is 225 Å². The molecule has 206 valence electrons. The number of carbonyl (C=O) groups excluding carboxylic acids is 1. The lowest BCUT2D eigenvalue weighted by molar-refractivity contribution is -0.140. The molecule has 10 nitrogen and oxygen atoms in total. The van der Waals surface area contributed by atoms with Crippen LogP contribution >= 0.6 is 0 Å². The Bertz CT molecular complexity index is 1490. The van der Waals surface area contributed by atoms with E-state index >= 15 is 0 Å². The molecule has 10 heteroatoms. The number of methoxy groups -OCH3 is 1. The largest absolute Gasteiger partial charge is 0.504 e. The van der Waals surface area contributed by atoms with E-state index in [-0.39, 0.29) is 35.2 Å². The second kappa shape index (κ2) is 11.0. The van der Waals surface area contributed by atoms with Crippen LogP contribution in [0.3, 0.4) is 0 Å². The number of aromatic nitrogens is 1. The molecule has 3 aromatic rings. The number of carbonyl (C=O) groups is 1. The van der Waals surface area contributed by atoms with Crippen molar-refractivity contribution in [3.8, 4) is 17.2 Å². The van der Waals surface area contributed by atoms with Crippen molar-refractivity contribution in [3.63, 3.8) is 0 Å². The number of piperidine rings is 1. The highest BCUT2D eigenvalue weighted by molar-refractivity contribution is 5.71. The van der Waals surface area contributed by atoms with E-state index in [2.05, 4.69) is 4.90 Å². The van der Waals surface area contributed by atoms with Crippen molar-refractivity contribution in [2.75, 3.05) is 26.8 Å². The molecule has 2 aromatic heterocycles. The number of phenolic OH excluding ortho intramolecular Hbond substituents is 1. The molecule has 39 heavy (non-hydrogen) atoms. The van der Waals surface area contributed by atoms with Gasteiger partial charge >= 0.3 is 5.97 Å². The number of hydrogen-bond donors (Lipinski definition) is 2. The standard InChI is InChI=1S/C29H32N2O8/c1-3-38-25-10-18(7-8-23(25)32)21(12-27(35)37-2)29-28(36)24(33)11-20(39-29)16-30-13-17-9-19(15-30)22-5-4-6-26(34)31(22)14-17/h4-8,10-11,17,19,21,32,36H,3,9,12-16H2,1-2H3/t17-,19+,21-/m1/s1. The summed E-state index contributed by atoms with van der Waals surface area (Å²) in [4.78, 5) is 39.8. The number of fused-ring (bicyclic) bond motifs is 4. The average molecular weight is 537 g/mol. The third-order valence-electron chi connectivity index (χ3n) is 7.54. The fraction of sp³-hybridized carbons (Fsp3) is 0.414. The lowest BCUT2D eigenvalue weighted by Crippen LogP contribution is -2.46. The van der Waals surface area contributed by atoms with E-state index in [1.54, 1.807) is 31.2 Å². The number of nitrogens with zero attached hydrogens (tertiary/aromatic N) is 2. The molecule has 0 unspecified atom stereocenters. The van der Waals surface area contributed by atoms with Gasteiger partial charge in [0.2, 0.25) is 11.2 Å². The van der Waals surface area contributed by atoms with Gasteiger partial charge in [-0.2, -0.15) is 0 Å². The van der Waals surface area contributed by atoms with Crippen molar-refractivity contribution in [1.82, 2.24) is 9.47 Å². The van der Waals surface area contributed by atoms with Crippen molar-refractivity contribution in [2.45, 2.75) is 44.7 Å². The van der Waals surface area contributed by atoms with E-state index in [1.807, 2.05) is 10.6 Å². The van der Waals surface area contributed by atoms with Crippen molar-refractivity contribution in [2.24, 2.45) is 5.92 Å². The summed E-state index contributed by atoms with van der Waals surface area (Å²) in [6.45, 7) is 4.50.